The SMILES string of the molecule is CCNC(=NCCc1sc(C)nc1C)NC1CCCN(C(=O)OC(C)(C)C)C1. The molecular formula is C20H35N5O2S. The largest absolute Gasteiger partial charge is 0.444 e. The fourth-order valence-corrected chi connectivity index (χ4v) is 4.10. The fourth-order valence-electron chi connectivity index (χ4n) is 3.18. The first-order chi connectivity index (χ1) is 13.2. The zero-order chi connectivity index (χ0) is 20.7. The zero-order valence-electron chi connectivity index (χ0n) is 18.1. The smallest absolute Gasteiger partial charge is 0.410 e. The number of aromatic nitrogens is 1. The predicted molar refractivity (Wildman–Crippen MR) is 115 cm³/mol. The molecule has 2 N–H and O–H groups in total. The highest BCUT2D eigenvalue weighted by atomic mass is 32.1. The molecule has 0 bridgehead atoms. The number of hydrogen-bond donors (Lipinski definition) is 2. The normalized spacial score (nSPS) is 18.1. The van der Waals surface area contributed by atoms with Crippen molar-refractivity contribution in [1.82, 2.24) is 20.5 Å². The quantitative estimate of drug-likeness (QED) is 0.576. The third-order valence-electron chi connectivity index (χ3n) is 4.37. The maximum absolute atomic E-state index is 12.4. The molecule has 1 atom stereocenters. The number of guanidine groups is 1. The van der Waals surface area contributed by atoms with Gasteiger partial charge in [-0.15, -0.1) is 11.3 Å². The lowest BCUT2D eigenvalue weighted by Gasteiger charge is -2.35. The first-order valence-electron chi connectivity index (χ1n) is 10.1. The molecule has 28 heavy (non-hydrogen) atoms. The number of nitrogens with one attached hydrogen (secondary N) is 2. The minimum absolute atomic E-state index is 0.173. The molecule has 1 aliphatic heterocycles. The lowest BCUT2D eigenvalue weighted by atomic mass is 10.1. The molecule has 1 unspecified atom stereocenters. The van der Waals surface area contributed by atoms with Crippen LogP contribution in [-0.4, -0.2) is 59.8 Å². The summed E-state index contributed by atoms with van der Waals surface area (Å²) in [6.45, 7) is 14.7. The Morgan fingerprint density at radius 1 is 1.39 bits per heavy atom. The molecule has 1 aromatic heterocycles. The van der Waals surface area contributed by atoms with E-state index in [1.54, 1.807) is 16.2 Å². The zero-order valence-corrected chi connectivity index (χ0v) is 18.9. The van der Waals surface area contributed by atoms with Crippen molar-refractivity contribution in [3.63, 3.8) is 0 Å². The Hall–Kier alpha value is -1.83. The van der Waals surface area contributed by atoms with E-state index in [1.807, 2.05) is 27.7 Å². The van der Waals surface area contributed by atoms with Gasteiger partial charge < -0.3 is 20.3 Å². The van der Waals surface area contributed by atoms with Crippen LogP contribution in [-0.2, 0) is 11.2 Å². The average Bonchev–Trinajstić information content (AvgIpc) is 2.91. The third-order valence-corrected chi connectivity index (χ3v) is 5.50. The summed E-state index contributed by atoms with van der Waals surface area (Å²) in [5.74, 6) is 0.803. The fraction of sp³-hybridized carbons (Fsp3) is 0.750. The standard InChI is InChI=1S/C20H35N5O2S/c1-7-21-18(22-11-10-17-14(2)23-15(3)28-17)24-16-9-8-12-25(13-16)19(26)27-20(4,5)6/h16H,7-13H2,1-6H3,(H2,21,22,24). The minimum atomic E-state index is -0.471. The number of amides is 1. The van der Waals surface area contributed by atoms with E-state index in [0.717, 1.165) is 49.0 Å². The second-order valence-corrected chi connectivity index (χ2v) is 9.45. The lowest BCUT2D eigenvalue weighted by Crippen LogP contribution is -2.53. The second-order valence-electron chi connectivity index (χ2n) is 8.16. The molecule has 1 aromatic rings. The van der Waals surface area contributed by atoms with Gasteiger partial charge >= 0.3 is 6.09 Å². The Morgan fingerprint density at radius 3 is 2.75 bits per heavy atom. The topological polar surface area (TPSA) is 78.9 Å². The van der Waals surface area contributed by atoms with Gasteiger partial charge in [-0.3, -0.25) is 4.99 Å². The maximum Gasteiger partial charge on any atom is 0.410 e. The highest BCUT2D eigenvalue weighted by molar-refractivity contribution is 7.11. The number of likely N-dealkylation sites (tertiary alicyclic amines) is 1. The number of carbonyl (C=O) groups is 1. The summed E-state index contributed by atoms with van der Waals surface area (Å²) in [6.07, 6.45) is 2.62. The van der Waals surface area contributed by atoms with E-state index in [0.29, 0.717) is 13.1 Å². The number of nitrogens with zero attached hydrogens (tertiary/aromatic N) is 3. The molecule has 0 spiro atoms. The highest BCUT2D eigenvalue weighted by Gasteiger charge is 2.28. The first kappa shape index (κ1) is 22.5. The van der Waals surface area contributed by atoms with Gasteiger partial charge in [0, 0.05) is 43.5 Å². The molecule has 0 aliphatic carbocycles. The first-order valence-corrected chi connectivity index (χ1v) is 10.9. The van der Waals surface area contributed by atoms with Crippen LogP contribution < -0.4 is 10.6 Å². The number of rotatable bonds is 5. The molecule has 2 heterocycles. The number of piperidine rings is 1. The van der Waals surface area contributed by atoms with E-state index in [9.17, 15) is 4.79 Å². The van der Waals surface area contributed by atoms with E-state index >= 15 is 0 Å². The highest BCUT2D eigenvalue weighted by Crippen LogP contribution is 2.18. The van der Waals surface area contributed by atoms with Crippen molar-refractivity contribution < 1.29 is 9.53 Å². The van der Waals surface area contributed by atoms with Crippen LogP contribution in [0.5, 0.6) is 0 Å². The number of ether oxygens (including phenoxy) is 1. The Labute approximate surface area is 173 Å². The van der Waals surface area contributed by atoms with Gasteiger partial charge in [-0.1, -0.05) is 0 Å². The van der Waals surface area contributed by atoms with Crippen LogP contribution in [0.3, 0.4) is 0 Å². The van der Waals surface area contributed by atoms with Crippen molar-refractivity contribution in [1.29, 1.82) is 0 Å². The third kappa shape index (κ3) is 7.30. The number of thiazole rings is 1. The molecule has 1 aliphatic rings. The Kier molecular flexibility index (Phi) is 8.10. The molecular weight excluding hydrogens is 374 g/mol. The van der Waals surface area contributed by atoms with Crippen LogP contribution in [0.25, 0.3) is 0 Å². The second kappa shape index (κ2) is 10.1. The lowest BCUT2D eigenvalue weighted by molar-refractivity contribution is 0.0193. The summed E-state index contributed by atoms with van der Waals surface area (Å²) in [4.78, 5) is 24.6. The Morgan fingerprint density at radius 2 is 2.14 bits per heavy atom. The van der Waals surface area contributed by atoms with E-state index in [1.165, 1.54) is 4.88 Å². The van der Waals surface area contributed by atoms with Crippen molar-refractivity contribution >= 4 is 23.4 Å². The van der Waals surface area contributed by atoms with Crippen LogP contribution >= 0.6 is 11.3 Å². The van der Waals surface area contributed by atoms with Crippen molar-refractivity contribution in [2.75, 3.05) is 26.2 Å². The number of hydrogen-bond acceptors (Lipinski definition) is 5. The summed E-state index contributed by atoms with van der Waals surface area (Å²) in [5.41, 5.74) is 0.636. The summed E-state index contributed by atoms with van der Waals surface area (Å²) in [6, 6.07) is 0.173. The summed E-state index contributed by atoms with van der Waals surface area (Å²) in [5, 5.41) is 7.90. The van der Waals surface area contributed by atoms with Gasteiger partial charge in [0.1, 0.15) is 5.60 Å². The van der Waals surface area contributed by atoms with Gasteiger partial charge in [-0.05, 0) is 54.4 Å². The number of carbonyl (C=O) groups excluding carboxylic acids is 1. The van der Waals surface area contributed by atoms with Gasteiger partial charge in [-0.2, -0.15) is 0 Å². The molecule has 1 saturated heterocycles. The molecule has 1 fully saturated rings. The summed E-state index contributed by atoms with van der Waals surface area (Å²) >= 11 is 1.74. The molecule has 1 amide bonds. The van der Waals surface area contributed by atoms with E-state index in [-0.39, 0.29) is 12.1 Å². The molecule has 7 nitrogen and oxygen atoms in total. The van der Waals surface area contributed by atoms with Crippen LogP contribution in [0, 0.1) is 13.8 Å². The minimum Gasteiger partial charge on any atom is -0.444 e. The summed E-state index contributed by atoms with van der Waals surface area (Å²) < 4.78 is 5.51. The van der Waals surface area contributed by atoms with Crippen LogP contribution in [0.15, 0.2) is 4.99 Å². The average molecular weight is 410 g/mol. The summed E-state index contributed by atoms with van der Waals surface area (Å²) in [7, 11) is 0. The van der Waals surface area contributed by atoms with Crippen LogP contribution in [0.4, 0.5) is 4.79 Å². The van der Waals surface area contributed by atoms with Crippen LogP contribution in [0.1, 0.15) is 56.1 Å². The van der Waals surface area contributed by atoms with Gasteiger partial charge in [0.05, 0.1) is 10.7 Å². The van der Waals surface area contributed by atoms with Crippen molar-refractivity contribution in [3.05, 3.63) is 15.6 Å². The van der Waals surface area contributed by atoms with Crippen molar-refractivity contribution in [2.45, 2.75) is 72.4 Å². The molecule has 0 aromatic carbocycles. The molecule has 8 heteroatoms. The van der Waals surface area contributed by atoms with Gasteiger partial charge in [0.15, 0.2) is 5.96 Å². The number of aliphatic imine (C=N–C) groups is 1. The monoisotopic (exact) mass is 409 g/mol. The number of aryl methyl sites for hydroxylation is 2. The van der Waals surface area contributed by atoms with E-state index in [4.69, 9.17) is 9.73 Å². The maximum atomic E-state index is 12.4. The van der Waals surface area contributed by atoms with E-state index in [2.05, 4.69) is 29.5 Å². The molecule has 2 rings (SSSR count). The Bertz CT molecular complexity index is 681. The van der Waals surface area contributed by atoms with Gasteiger partial charge in [0.25, 0.3) is 0 Å². The molecule has 0 saturated carbocycles. The van der Waals surface area contributed by atoms with Crippen molar-refractivity contribution in [3.8, 4) is 0 Å². The Balaban J connectivity index is 1.91. The van der Waals surface area contributed by atoms with E-state index < -0.39 is 5.60 Å². The van der Waals surface area contributed by atoms with Crippen molar-refractivity contribution in [2.24, 2.45) is 4.99 Å². The molecule has 158 valence electrons. The van der Waals surface area contributed by atoms with Gasteiger partial charge in [-0.25, -0.2) is 9.78 Å². The molecule has 0 radical (unpaired) electrons. The predicted octanol–water partition coefficient (Wildman–Crippen LogP) is 3.26. The van der Waals surface area contributed by atoms with Gasteiger partial charge in [0.2, 0.25) is 0 Å². The van der Waals surface area contributed by atoms with Crippen LogP contribution in [0.2, 0.25) is 0 Å².